The van der Waals surface area contributed by atoms with Crippen LogP contribution in [0.1, 0.15) is 49.4 Å². The molecule has 0 unspecified atom stereocenters. The van der Waals surface area contributed by atoms with E-state index in [1.807, 2.05) is 6.29 Å². The number of benzene rings is 1. The number of esters is 1. The largest absolute Gasteiger partial charge is 0.494 e. The van der Waals surface area contributed by atoms with Crippen LogP contribution in [0.2, 0.25) is 0 Å². The fourth-order valence-electron chi connectivity index (χ4n) is 1.62. The predicted octanol–water partition coefficient (Wildman–Crippen LogP) is 3.30. The number of ether oxygens (including phenoxy) is 2. The zero-order valence-corrected chi connectivity index (χ0v) is 11.9. The first-order valence-corrected chi connectivity index (χ1v) is 7.03. The van der Waals surface area contributed by atoms with E-state index in [0.717, 1.165) is 19.3 Å². The van der Waals surface area contributed by atoms with Gasteiger partial charge in [-0.05, 0) is 37.1 Å². The molecule has 4 heteroatoms. The molecule has 0 aliphatic heterocycles. The Labute approximate surface area is 120 Å². The molecule has 0 saturated carbocycles. The second-order valence-electron chi connectivity index (χ2n) is 4.46. The number of unbranched alkanes of at least 4 members (excludes halogenated alkanes) is 3. The molecule has 1 rings (SSSR count). The number of hydrogen-bond acceptors (Lipinski definition) is 4. The number of hydrogen-bond donors (Lipinski definition) is 0. The summed E-state index contributed by atoms with van der Waals surface area (Å²) in [4.78, 5) is 21.7. The van der Waals surface area contributed by atoms with Crippen molar-refractivity contribution in [1.82, 2.24) is 0 Å². The van der Waals surface area contributed by atoms with Crippen LogP contribution in [0.15, 0.2) is 24.3 Å². The molecule has 4 nitrogen and oxygen atoms in total. The second-order valence-corrected chi connectivity index (χ2v) is 4.46. The molecule has 0 amide bonds. The highest BCUT2D eigenvalue weighted by atomic mass is 16.5. The molecule has 0 fully saturated rings. The van der Waals surface area contributed by atoms with Crippen molar-refractivity contribution in [3.8, 4) is 5.75 Å². The molecule has 0 atom stereocenters. The predicted molar refractivity (Wildman–Crippen MR) is 76.7 cm³/mol. The topological polar surface area (TPSA) is 52.6 Å². The van der Waals surface area contributed by atoms with Crippen LogP contribution in [0.3, 0.4) is 0 Å². The first-order valence-electron chi connectivity index (χ1n) is 7.03. The summed E-state index contributed by atoms with van der Waals surface area (Å²) in [6.45, 7) is 3.04. The van der Waals surface area contributed by atoms with Gasteiger partial charge in [-0.2, -0.15) is 0 Å². The van der Waals surface area contributed by atoms with Crippen LogP contribution in [-0.4, -0.2) is 25.5 Å². The lowest BCUT2D eigenvalue weighted by atomic mass is 10.2. The normalized spacial score (nSPS) is 10.1. The van der Waals surface area contributed by atoms with Crippen molar-refractivity contribution in [1.29, 1.82) is 0 Å². The minimum absolute atomic E-state index is 0.303. The molecule has 0 spiro atoms. The molecule has 0 aliphatic carbocycles. The summed E-state index contributed by atoms with van der Waals surface area (Å²) in [6.07, 6.45) is 5.91. The fourth-order valence-corrected chi connectivity index (χ4v) is 1.62. The minimum Gasteiger partial charge on any atom is -0.494 e. The standard InChI is InChI=1S/C16H21O4/c1-2-3-5-13-20-16(18)14-7-9-15(10-8-14)19-12-6-4-11-17/h7-10H,2-6,12-13H2,1H3. The molecular formula is C16H21O4. The number of carbonyl (C=O) groups is 1. The van der Waals surface area contributed by atoms with Gasteiger partial charge < -0.3 is 9.47 Å². The van der Waals surface area contributed by atoms with Gasteiger partial charge in [-0.1, -0.05) is 19.8 Å². The third-order valence-electron chi connectivity index (χ3n) is 2.76. The zero-order chi connectivity index (χ0) is 14.6. The van der Waals surface area contributed by atoms with Crippen molar-refractivity contribution in [2.45, 2.75) is 39.0 Å². The van der Waals surface area contributed by atoms with E-state index < -0.39 is 0 Å². The summed E-state index contributed by atoms with van der Waals surface area (Å²) in [7, 11) is 0. The summed E-state index contributed by atoms with van der Waals surface area (Å²) >= 11 is 0. The Morgan fingerprint density at radius 2 is 1.85 bits per heavy atom. The monoisotopic (exact) mass is 277 g/mol. The summed E-state index contributed by atoms with van der Waals surface area (Å²) in [5.41, 5.74) is 0.523. The molecule has 1 aromatic carbocycles. The maximum absolute atomic E-state index is 11.7. The summed E-state index contributed by atoms with van der Waals surface area (Å²) in [5, 5.41) is 0. The number of rotatable bonds is 10. The van der Waals surface area contributed by atoms with Gasteiger partial charge in [0.2, 0.25) is 0 Å². The maximum atomic E-state index is 11.7. The molecule has 1 aromatic rings. The molecule has 0 heterocycles. The lowest BCUT2D eigenvalue weighted by molar-refractivity contribution is 0.0498. The van der Waals surface area contributed by atoms with Crippen molar-refractivity contribution in [3.63, 3.8) is 0 Å². The van der Waals surface area contributed by atoms with Crippen molar-refractivity contribution in [3.05, 3.63) is 29.8 Å². The van der Waals surface area contributed by atoms with Crippen molar-refractivity contribution in [2.24, 2.45) is 0 Å². The number of carbonyl (C=O) groups excluding carboxylic acids is 2. The van der Waals surface area contributed by atoms with Crippen LogP contribution in [-0.2, 0) is 9.53 Å². The van der Waals surface area contributed by atoms with Gasteiger partial charge >= 0.3 is 5.97 Å². The Balaban J connectivity index is 2.33. The highest BCUT2D eigenvalue weighted by molar-refractivity contribution is 5.89. The SMILES string of the molecule is CCCCCOC(=O)c1ccc(OCCC[C]=O)cc1. The van der Waals surface area contributed by atoms with E-state index in [0.29, 0.717) is 37.4 Å². The molecule has 109 valence electrons. The van der Waals surface area contributed by atoms with Crippen LogP contribution in [0.5, 0.6) is 5.75 Å². The summed E-state index contributed by atoms with van der Waals surface area (Å²) in [5.74, 6) is 0.377. The quantitative estimate of drug-likeness (QED) is 0.486. The highest BCUT2D eigenvalue weighted by Gasteiger charge is 2.06. The van der Waals surface area contributed by atoms with E-state index in [1.165, 1.54) is 0 Å². The molecular weight excluding hydrogens is 256 g/mol. The van der Waals surface area contributed by atoms with E-state index in [-0.39, 0.29) is 5.97 Å². The van der Waals surface area contributed by atoms with Gasteiger partial charge in [0.25, 0.3) is 0 Å². The average Bonchev–Trinajstić information content (AvgIpc) is 2.48. The van der Waals surface area contributed by atoms with E-state index >= 15 is 0 Å². The Morgan fingerprint density at radius 1 is 1.10 bits per heavy atom. The molecule has 0 aromatic heterocycles. The van der Waals surface area contributed by atoms with Crippen molar-refractivity contribution in [2.75, 3.05) is 13.2 Å². The van der Waals surface area contributed by atoms with Gasteiger partial charge in [0.15, 0.2) is 6.29 Å². The molecule has 1 radical (unpaired) electrons. The lowest BCUT2D eigenvalue weighted by Gasteiger charge is -2.07. The lowest BCUT2D eigenvalue weighted by Crippen LogP contribution is -2.06. The summed E-state index contributed by atoms with van der Waals surface area (Å²) in [6, 6.07) is 6.83. The van der Waals surface area contributed by atoms with E-state index in [9.17, 15) is 9.59 Å². The third kappa shape index (κ3) is 6.36. The average molecular weight is 277 g/mol. The van der Waals surface area contributed by atoms with Crippen LogP contribution in [0.25, 0.3) is 0 Å². The highest BCUT2D eigenvalue weighted by Crippen LogP contribution is 2.13. The van der Waals surface area contributed by atoms with Gasteiger partial charge in [-0.3, -0.25) is 4.79 Å². The van der Waals surface area contributed by atoms with Crippen LogP contribution < -0.4 is 4.74 Å². The molecule has 0 bridgehead atoms. The van der Waals surface area contributed by atoms with Gasteiger partial charge in [-0.15, -0.1) is 0 Å². The second kappa shape index (κ2) is 10.0. The fraction of sp³-hybridized carbons (Fsp3) is 0.500. The molecule has 0 N–H and O–H groups in total. The van der Waals surface area contributed by atoms with E-state index in [1.54, 1.807) is 24.3 Å². The Morgan fingerprint density at radius 3 is 2.50 bits per heavy atom. The Hall–Kier alpha value is -1.84. The molecule has 0 aliphatic rings. The van der Waals surface area contributed by atoms with Gasteiger partial charge in [0, 0.05) is 6.42 Å². The van der Waals surface area contributed by atoms with Crippen LogP contribution in [0.4, 0.5) is 0 Å². The van der Waals surface area contributed by atoms with Crippen LogP contribution in [0, 0.1) is 0 Å². The summed E-state index contributed by atoms with van der Waals surface area (Å²) < 4.78 is 10.6. The van der Waals surface area contributed by atoms with Gasteiger partial charge in [0.1, 0.15) is 5.75 Å². The Kier molecular flexibility index (Phi) is 8.11. The van der Waals surface area contributed by atoms with Crippen molar-refractivity contribution < 1.29 is 19.1 Å². The van der Waals surface area contributed by atoms with E-state index in [2.05, 4.69) is 6.92 Å². The van der Waals surface area contributed by atoms with E-state index in [4.69, 9.17) is 9.47 Å². The molecule has 0 saturated heterocycles. The first kappa shape index (κ1) is 16.2. The van der Waals surface area contributed by atoms with Gasteiger partial charge in [0.05, 0.1) is 18.8 Å². The smallest absolute Gasteiger partial charge is 0.338 e. The maximum Gasteiger partial charge on any atom is 0.338 e. The molecule has 20 heavy (non-hydrogen) atoms. The van der Waals surface area contributed by atoms with Gasteiger partial charge in [-0.25, -0.2) is 4.79 Å². The zero-order valence-electron chi connectivity index (χ0n) is 11.9. The minimum atomic E-state index is -0.303. The first-order chi connectivity index (χ1) is 9.77. The van der Waals surface area contributed by atoms with Crippen molar-refractivity contribution >= 4 is 12.3 Å². The van der Waals surface area contributed by atoms with Crippen LogP contribution >= 0.6 is 0 Å². The third-order valence-corrected chi connectivity index (χ3v) is 2.76. The Bertz CT molecular complexity index is 397.